The van der Waals surface area contributed by atoms with Crippen molar-refractivity contribution in [3.63, 3.8) is 0 Å². The Balaban J connectivity index is 1.81. The molecule has 23 heavy (non-hydrogen) atoms. The molecule has 3 heterocycles. The smallest absolute Gasteiger partial charge is 0.352 e. The van der Waals surface area contributed by atoms with Crippen LogP contribution >= 0.6 is 0 Å². The number of likely N-dealkylation sites (tertiary alicyclic amines) is 1. The number of hydrogen-bond acceptors (Lipinski definition) is 5. The third-order valence-corrected chi connectivity index (χ3v) is 4.23. The highest BCUT2D eigenvalue weighted by Gasteiger charge is 2.33. The number of aryl methyl sites for hydroxylation is 2. The first-order valence-corrected chi connectivity index (χ1v) is 7.40. The van der Waals surface area contributed by atoms with Crippen LogP contribution in [0.5, 0.6) is 0 Å². The van der Waals surface area contributed by atoms with Crippen LogP contribution in [0.15, 0.2) is 4.52 Å². The van der Waals surface area contributed by atoms with Crippen molar-refractivity contribution in [1.82, 2.24) is 20.0 Å². The molecule has 2 N–H and O–H groups in total. The molecule has 0 radical (unpaired) electrons. The van der Waals surface area contributed by atoms with Gasteiger partial charge in [0.05, 0.1) is 11.5 Å². The van der Waals surface area contributed by atoms with Crippen molar-refractivity contribution in [2.75, 3.05) is 13.1 Å². The quantitative estimate of drug-likeness (QED) is 0.890. The topological polar surface area (TPSA) is 112 Å². The van der Waals surface area contributed by atoms with E-state index in [0.29, 0.717) is 41.6 Å². The number of H-pyrrole nitrogens is 1. The number of carbonyl (C=O) groups is 2. The molecule has 3 rings (SSSR count). The van der Waals surface area contributed by atoms with E-state index in [9.17, 15) is 9.59 Å². The fraction of sp³-hybridized carbons (Fsp3) is 0.467. The van der Waals surface area contributed by atoms with Crippen LogP contribution in [0.1, 0.15) is 56.2 Å². The lowest BCUT2D eigenvalue weighted by atomic mass is 10.1. The Morgan fingerprint density at radius 3 is 2.65 bits per heavy atom. The van der Waals surface area contributed by atoms with Gasteiger partial charge in [-0.05, 0) is 32.8 Å². The van der Waals surface area contributed by atoms with Crippen molar-refractivity contribution in [3.8, 4) is 0 Å². The normalized spacial score (nSPS) is 17.7. The third kappa shape index (κ3) is 2.60. The Kier molecular flexibility index (Phi) is 3.67. The van der Waals surface area contributed by atoms with Crippen LogP contribution in [-0.2, 0) is 0 Å². The second-order valence-corrected chi connectivity index (χ2v) is 5.85. The van der Waals surface area contributed by atoms with Crippen molar-refractivity contribution < 1.29 is 19.2 Å². The van der Waals surface area contributed by atoms with Crippen molar-refractivity contribution in [3.05, 3.63) is 34.2 Å². The summed E-state index contributed by atoms with van der Waals surface area (Å²) in [5.74, 6) is -0.0776. The van der Waals surface area contributed by atoms with Gasteiger partial charge in [0.2, 0.25) is 5.89 Å². The zero-order valence-corrected chi connectivity index (χ0v) is 13.2. The Bertz CT molecular complexity index is 777. The van der Waals surface area contributed by atoms with Gasteiger partial charge in [-0.1, -0.05) is 5.16 Å². The second kappa shape index (κ2) is 5.53. The molecule has 1 aliphatic rings. The molecular formula is C15H18N4O4. The van der Waals surface area contributed by atoms with Gasteiger partial charge < -0.3 is 19.5 Å². The monoisotopic (exact) mass is 318 g/mol. The average Bonchev–Trinajstić information content (AvgIpc) is 3.17. The highest BCUT2D eigenvalue weighted by molar-refractivity contribution is 6.01. The molecular weight excluding hydrogens is 300 g/mol. The standard InChI is InChI=1S/C15H18N4O4/c1-7-11(8(2)16-12(7)15(21)22)14(20)19-5-4-10(6-19)13-17-9(3)18-23-13/h10,16H,4-6H2,1-3H3,(H,21,22). The van der Waals surface area contributed by atoms with Crippen LogP contribution in [0.4, 0.5) is 0 Å². The molecule has 1 aliphatic heterocycles. The Morgan fingerprint density at radius 1 is 1.35 bits per heavy atom. The Hall–Kier alpha value is -2.64. The summed E-state index contributed by atoms with van der Waals surface area (Å²) < 4.78 is 5.18. The second-order valence-electron chi connectivity index (χ2n) is 5.85. The van der Waals surface area contributed by atoms with E-state index in [1.165, 1.54) is 0 Å². The summed E-state index contributed by atoms with van der Waals surface area (Å²) in [6.45, 7) is 6.19. The van der Waals surface area contributed by atoms with Crippen molar-refractivity contribution in [2.45, 2.75) is 33.1 Å². The Morgan fingerprint density at radius 2 is 2.09 bits per heavy atom. The minimum absolute atomic E-state index is 0.0265. The van der Waals surface area contributed by atoms with Crippen molar-refractivity contribution >= 4 is 11.9 Å². The number of nitrogens with one attached hydrogen (secondary N) is 1. The lowest BCUT2D eigenvalue weighted by Crippen LogP contribution is -2.29. The largest absolute Gasteiger partial charge is 0.477 e. The molecule has 2 aromatic rings. The van der Waals surface area contributed by atoms with Crippen LogP contribution in [0.25, 0.3) is 0 Å². The predicted octanol–water partition coefficient (Wildman–Crippen LogP) is 1.65. The summed E-state index contributed by atoms with van der Waals surface area (Å²) in [7, 11) is 0. The minimum atomic E-state index is -1.06. The van der Waals surface area contributed by atoms with Crippen molar-refractivity contribution in [2.24, 2.45) is 0 Å². The summed E-state index contributed by atoms with van der Waals surface area (Å²) in [4.78, 5) is 32.6. The predicted molar refractivity (Wildman–Crippen MR) is 79.5 cm³/mol. The van der Waals surface area contributed by atoms with Gasteiger partial charge in [-0.25, -0.2) is 4.79 Å². The SMILES string of the molecule is Cc1noc(C2CCN(C(=O)c3c(C)[nH]c(C(=O)O)c3C)C2)n1. The van der Waals surface area contributed by atoms with Crippen LogP contribution in [0.3, 0.4) is 0 Å². The molecule has 1 amide bonds. The van der Waals surface area contributed by atoms with Crippen LogP contribution < -0.4 is 0 Å². The third-order valence-electron chi connectivity index (χ3n) is 4.23. The average molecular weight is 318 g/mol. The molecule has 0 bridgehead atoms. The molecule has 1 fully saturated rings. The first-order valence-electron chi connectivity index (χ1n) is 7.40. The van der Waals surface area contributed by atoms with Gasteiger partial charge >= 0.3 is 5.97 Å². The molecule has 0 aromatic carbocycles. The summed E-state index contributed by atoms with van der Waals surface area (Å²) in [6, 6.07) is 0. The molecule has 122 valence electrons. The zero-order valence-electron chi connectivity index (χ0n) is 13.2. The summed E-state index contributed by atoms with van der Waals surface area (Å²) in [5, 5.41) is 12.9. The van der Waals surface area contributed by atoms with Crippen LogP contribution in [0.2, 0.25) is 0 Å². The van der Waals surface area contributed by atoms with E-state index in [2.05, 4.69) is 15.1 Å². The van der Waals surface area contributed by atoms with E-state index in [0.717, 1.165) is 6.42 Å². The van der Waals surface area contributed by atoms with Gasteiger partial charge in [-0.2, -0.15) is 4.98 Å². The van der Waals surface area contributed by atoms with E-state index in [1.54, 1.807) is 25.7 Å². The molecule has 0 saturated carbocycles. The van der Waals surface area contributed by atoms with E-state index in [1.807, 2.05) is 0 Å². The Labute approximate surface area is 132 Å². The lowest BCUT2D eigenvalue weighted by molar-refractivity contribution is 0.0690. The molecule has 2 aromatic heterocycles. The fourth-order valence-electron chi connectivity index (χ4n) is 3.07. The van der Waals surface area contributed by atoms with E-state index < -0.39 is 5.97 Å². The first kappa shape index (κ1) is 15.3. The molecule has 1 unspecified atom stereocenters. The zero-order chi connectivity index (χ0) is 16.7. The molecule has 0 spiro atoms. The number of aromatic carboxylic acids is 1. The van der Waals surface area contributed by atoms with E-state index >= 15 is 0 Å². The first-order chi connectivity index (χ1) is 10.9. The number of carboxylic acid groups (broad SMARTS) is 1. The van der Waals surface area contributed by atoms with Gasteiger partial charge in [-0.3, -0.25) is 4.79 Å². The van der Waals surface area contributed by atoms with E-state index in [-0.39, 0.29) is 17.5 Å². The van der Waals surface area contributed by atoms with Crippen LogP contribution in [-0.4, -0.2) is 50.1 Å². The number of aromatic amines is 1. The van der Waals surface area contributed by atoms with Crippen LogP contribution in [0, 0.1) is 20.8 Å². The molecule has 8 nitrogen and oxygen atoms in total. The maximum absolute atomic E-state index is 12.8. The number of aromatic nitrogens is 3. The summed E-state index contributed by atoms with van der Waals surface area (Å²) in [5.41, 5.74) is 1.54. The number of carboxylic acids is 1. The van der Waals surface area contributed by atoms with E-state index in [4.69, 9.17) is 9.63 Å². The molecule has 1 saturated heterocycles. The van der Waals surface area contributed by atoms with Gasteiger partial charge in [0.25, 0.3) is 5.91 Å². The number of hydrogen-bond donors (Lipinski definition) is 2. The summed E-state index contributed by atoms with van der Waals surface area (Å²) in [6.07, 6.45) is 0.752. The number of nitrogens with zero attached hydrogens (tertiary/aromatic N) is 3. The molecule has 0 aliphatic carbocycles. The minimum Gasteiger partial charge on any atom is -0.477 e. The van der Waals surface area contributed by atoms with Gasteiger partial charge in [0.1, 0.15) is 5.69 Å². The van der Waals surface area contributed by atoms with Crippen molar-refractivity contribution in [1.29, 1.82) is 0 Å². The van der Waals surface area contributed by atoms with Gasteiger partial charge in [-0.15, -0.1) is 0 Å². The maximum atomic E-state index is 12.8. The van der Waals surface area contributed by atoms with Gasteiger partial charge in [0.15, 0.2) is 5.82 Å². The highest BCUT2D eigenvalue weighted by atomic mass is 16.5. The lowest BCUT2D eigenvalue weighted by Gasteiger charge is -2.16. The number of amides is 1. The molecule has 1 atom stereocenters. The highest BCUT2D eigenvalue weighted by Crippen LogP contribution is 2.29. The fourth-order valence-corrected chi connectivity index (χ4v) is 3.07. The number of carbonyl (C=O) groups excluding carboxylic acids is 1. The maximum Gasteiger partial charge on any atom is 0.352 e. The molecule has 8 heteroatoms. The van der Waals surface area contributed by atoms with Gasteiger partial charge in [0, 0.05) is 18.8 Å². The number of rotatable bonds is 3. The summed E-state index contributed by atoms with van der Waals surface area (Å²) >= 11 is 0.